The Bertz CT molecular complexity index is 1450. The second-order valence-corrected chi connectivity index (χ2v) is 9.83. The molecule has 1 atom stereocenters. The van der Waals surface area contributed by atoms with E-state index in [4.69, 9.17) is 14.5 Å². The molecule has 9 heteroatoms. The quantitative estimate of drug-likeness (QED) is 0.348. The van der Waals surface area contributed by atoms with Crippen LogP contribution in [0.3, 0.4) is 0 Å². The molecule has 3 heterocycles. The highest BCUT2D eigenvalue weighted by Crippen LogP contribution is 2.30. The van der Waals surface area contributed by atoms with Gasteiger partial charge in [-0.05, 0) is 43.8 Å². The molecule has 0 spiro atoms. The third-order valence-corrected chi connectivity index (χ3v) is 7.23. The molecule has 5 rings (SSSR count). The Labute approximate surface area is 219 Å². The van der Waals surface area contributed by atoms with E-state index in [1.54, 1.807) is 7.11 Å². The number of para-hydroxylation sites is 1. The van der Waals surface area contributed by atoms with Gasteiger partial charge >= 0.3 is 5.97 Å². The minimum Gasteiger partial charge on any atom is -0.497 e. The number of nitrogens with one attached hydrogen (secondary N) is 1. The van der Waals surface area contributed by atoms with E-state index >= 15 is 0 Å². The molecule has 0 saturated carbocycles. The SMILES string of the molecule is CCC(OC(=O)c1c2c(nc3ccccc13)CCN(C)C2)C(=O)Nc1nc(-c2ccc(OC)cc2)cs1. The second kappa shape index (κ2) is 10.7. The fourth-order valence-electron chi connectivity index (χ4n) is 4.48. The summed E-state index contributed by atoms with van der Waals surface area (Å²) in [6, 6.07) is 15.1. The number of hydrogen-bond donors (Lipinski definition) is 1. The van der Waals surface area contributed by atoms with Gasteiger partial charge in [-0.25, -0.2) is 9.78 Å². The molecule has 1 N–H and O–H groups in total. The van der Waals surface area contributed by atoms with E-state index in [9.17, 15) is 9.59 Å². The smallest absolute Gasteiger partial charge is 0.340 e. The fourth-order valence-corrected chi connectivity index (χ4v) is 5.20. The molecule has 0 fully saturated rings. The van der Waals surface area contributed by atoms with Crippen molar-refractivity contribution in [3.05, 3.63) is 70.7 Å². The fraction of sp³-hybridized carbons (Fsp3) is 0.286. The summed E-state index contributed by atoms with van der Waals surface area (Å²) in [5, 5.41) is 5.87. The maximum atomic E-state index is 13.5. The number of thiazole rings is 1. The maximum absolute atomic E-state index is 13.5. The highest BCUT2D eigenvalue weighted by atomic mass is 32.1. The lowest BCUT2D eigenvalue weighted by Gasteiger charge is -2.27. The van der Waals surface area contributed by atoms with Gasteiger partial charge in [-0.3, -0.25) is 15.1 Å². The van der Waals surface area contributed by atoms with Crippen molar-refractivity contribution in [1.82, 2.24) is 14.9 Å². The number of amides is 1. The number of likely N-dealkylation sites (N-methyl/N-ethyl adjacent to an activating group) is 1. The lowest BCUT2D eigenvalue weighted by atomic mass is 9.96. The summed E-state index contributed by atoms with van der Waals surface area (Å²) in [4.78, 5) is 38.1. The van der Waals surface area contributed by atoms with Crippen LogP contribution in [0.1, 0.15) is 35.0 Å². The van der Waals surface area contributed by atoms with E-state index in [1.165, 1.54) is 11.3 Å². The van der Waals surface area contributed by atoms with Crippen molar-refractivity contribution in [2.24, 2.45) is 0 Å². The molecule has 0 saturated heterocycles. The maximum Gasteiger partial charge on any atom is 0.340 e. The number of hydrogen-bond acceptors (Lipinski definition) is 8. The summed E-state index contributed by atoms with van der Waals surface area (Å²) in [6.45, 7) is 3.29. The summed E-state index contributed by atoms with van der Waals surface area (Å²) in [5.41, 5.74) is 4.69. The van der Waals surface area contributed by atoms with Crippen molar-refractivity contribution >= 4 is 39.2 Å². The van der Waals surface area contributed by atoms with Crippen LogP contribution >= 0.6 is 11.3 Å². The van der Waals surface area contributed by atoms with Crippen LogP contribution in [0, 0.1) is 0 Å². The van der Waals surface area contributed by atoms with Crippen LogP contribution in [-0.2, 0) is 22.5 Å². The molecular weight excluding hydrogens is 488 g/mol. The predicted molar refractivity (Wildman–Crippen MR) is 144 cm³/mol. The minimum atomic E-state index is -0.954. The predicted octanol–water partition coefficient (Wildman–Crippen LogP) is 4.93. The van der Waals surface area contributed by atoms with Gasteiger partial charge in [0, 0.05) is 47.1 Å². The first kappa shape index (κ1) is 24.9. The van der Waals surface area contributed by atoms with Crippen LogP contribution in [0.5, 0.6) is 5.75 Å². The van der Waals surface area contributed by atoms with Gasteiger partial charge in [0.25, 0.3) is 5.91 Å². The summed E-state index contributed by atoms with van der Waals surface area (Å²) < 4.78 is 11.0. The summed E-state index contributed by atoms with van der Waals surface area (Å²) >= 11 is 1.32. The molecule has 0 bridgehead atoms. The van der Waals surface area contributed by atoms with E-state index in [0.29, 0.717) is 23.7 Å². The number of esters is 1. The van der Waals surface area contributed by atoms with Crippen molar-refractivity contribution in [1.29, 1.82) is 0 Å². The average molecular weight is 517 g/mol. The zero-order valence-electron chi connectivity index (χ0n) is 21.0. The lowest BCUT2D eigenvalue weighted by molar-refractivity contribution is -0.124. The molecule has 0 aliphatic carbocycles. The van der Waals surface area contributed by atoms with Crippen LogP contribution in [0.25, 0.3) is 22.2 Å². The standard InChI is InChI=1S/C28H28N4O4S/c1-4-24(26(33)31-28-30-23(16-37-28)17-9-11-18(35-3)12-10-17)36-27(34)25-19-7-5-6-8-21(19)29-22-13-14-32(2)15-20(22)25/h5-12,16,24H,4,13-15H2,1-3H3,(H,30,31,33). The zero-order chi connectivity index (χ0) is 25.9. The van der Waals surface area contributed by atoms with E-state index in [1.807, 2.05) is 67.9 Å². The number of carbonyl (C=O) groups excluding carboxylic acids is 2. The average Bonchev–Trinajstić information content (AvgIpc) is 3.38. The normalized spacial score (nSPS) is 14.1. The van der Waals surface area contributed by atoms with E-state index < -0.39 is 18.0 Å². The van der Waals surface area contributed by atoms with Gasteiger partial charge in [-0.15, -0.1) is 11.3 Å². The Kier molecular flexibility index (Phi) is 7.16. The van der Waals surface area contributed by atoms with Gasteiger partial charge in [0.2, 0.25) is 0 Å². The molecule has 1 amide bonds. The summed E-state index contributed by atoms with van der Waals surface area (Å²) in [6.07, 6.45) is 0.138. The van der Waals surface area contributed by atoms with Crippen LogP contribution in [0.15, 0.2) is 53.9 Å². The number of ether oxygens (including phenoxy) is 2. The Balaban J connectivity index is 1.35. The molecule has 0 radical (unpaired) electrons. The molecule has 8 nitrogen and oxygen atoms in total. The van der Waals surface area contributed by atoms with Crippen molar-refractivity contribution in [3.63, 3.8) is 0 Å². The Morgan fingerprint density at radius 1 is 1.14 bits per heavy atom. The second-order valence-electron chi connectivity index (χ2n) is 8.97. The number of anilines is 1. The number of carbonyl (C=O) groups is 2. The third kappa shape index (κ3) is 5.19. The van der Waals surface area contributed by atoms with Crippen molar-refractivity contribution < 1.29 is 19.1 Å². The van der Waals surface area contributed by atoms with Crippen LogP contribution in [-0.4, -0.2) is 53.6 Å². The number of fused-ring (bicyclic) bond motifs is 2. The van der Waals surface area contributed by atoms with Crippen molar-refractivity contribution in [2.75, 3.05) is 26.0 Å². The molecular formula is C28H28N4O4S. The Morgan fingerprint density at radius 3 is 2.68 bits per heavy atom. The molecule has 2 aromatic carbocycles. The molecule has 190 valence electrons. The minimum absolute atomic E-state index is 0.333. The summed E-state index contributed by atoms with van der Waals surface area (Å²) in [5.74, 6) is -0.156. The van der Waals surface area contributed by atoms with Crippen LogP contribution < -0.4 is 10.1 Å². The largest absolute Gasteiger partial charge is 0.497 e. The molecule has 2 aromatic heterocycles. The first-order chi connectivity index (χ1) is 18.0. The van der Waals surface area contributed by atoms with Gasteiger partial charge in [-0.2, -0.15) is 0 Å². The molecule has 37 heavy (non-hydrogen) atoms. The topological polar surface area (TPSA) is 93.7 Å². The van der Waals surface area contributed by atoms with E-state index in [0.717, 1.165) is 52.1 Å². The summed E-state index contributed by atoms with van der Waals surface area (Å²) in [7, 11) is 3.64. The number of rotatable bonds is 7. The third-order valence-electron chi connectivity index (χ3n) is 6.47. The van der Waals surface area contributed by atoms with Gasteiger partial charge < -0.3 is 14.4 Å². The molecule has 4 aromatic rings. The first-order valence-corrected chi connectivity index (χ1v) is 13.1. The van der Waals surface area contributed by atoms with Gasteiger partial charge in [0.15, 0.2) is 11.2 Å². The van der Waals surface area contributed by atoms with Crippen molar-refractivity contribution in [2.45, 2.75) is 32.4 Å². The van der Waals surface area contributed by atoms with Gasteiger partial charge in [-0.1, -0.05) is 25.1 Å². The van der Waals surface area contributed by atoms with E-state index in [2.05, 4.69) is 15.2 Å². The highest BCUT2D eigenvalue weighted by Gasteiger charge is 2.29. The number of benzene rings is 2. The van der Waals surface area contributed by atoms with Crippen LogP contribution in [0.2, 0.25) is 0 Å². The Hall–Kier alpha value is -3.82. The number of nitrogens with zero attached hydrogens (tertiary/aromatic N) is 3. The first-order valence-electron chi connectivity index (χ1n) is 12.2. The lowest BCUT2D eigenvalue weighted by Crippen LogP contribution is -2.34. The molecule has 1 aliphatic heterocycles. The molecule has 1 unspecified atom stereocenters. The monoisotopic (exact) mass is 516 g/mol. The number of pyridine rings is 1. The zero-order valence-corrected chi connectivity index (χ0v) is 21.8. The van der Waals surface area contributed by atoms with Crippen molar-refractivity contribution in [3.8, 4) is 17.0 Å². The number of aromatic nitrogens is 2. The van der Waals surface area contributed by atoms with E-state index in [-0.39, 0.29) is 0 Å². The van der Waals surface area contributed by atoms with Gasteiger partial charge in [0.05, 0.1) is 23.9 Å². The molecule has 1 aliphatic rings. The highest BCUT2D eigenvalue weighted by molar-refractivity contribution is 7.14. The van der Waals surface area contributed by atoms with Crippen LogP contribution in [0.4, 0.5) is 5.13 Å². The van der Waals surface area contributed by atoms with Gasteiger partial charge in [0.1, 0.15) is 5.75 Å². The number of methoxy groups -OCH3 is 1. The Morgan fingerprint density at radius 2 is 1.92 bits per heavy atom.